The van der Waals surface area contributed by atoms with Crippen LogP contribution in [-0.2, 0) is 6.42 Å². The molecule has 1 aliphatic rings. The minimum Gasteiger partial charge on any atom is -0.245 e. The van der Waals surface area contributed by atoms with Gasteiger partial charge in [0.15, 0.2) is 0 Å². The zero-order valence-electron chi connectivity index (χ0n) is 12.5. The number of fused-ring (bicyclic) bond motifs is 1. The molecule has 0 atom stereocenters. The molecular weight excluding hydrogens is 268 g/mol. The Morgan fingerprint density at radius 1 is 1.27 bits per heavy atom. The van der Waals surface area contributed by atoms with Gasteiger partial charge in [-0.15, -0.1) is 0 Å². The minimum absolute atomic E-state index is 0.437. The Morgan fingerprint density at radius 3 is 2.77 bits per heavy atom. The number of allylic oxidation sites excluding steroid dienone is 5. The zero-order chi connectivity index (χ0) is 15.5. The lowest BCUT2D eigenvalue weighted by molar-refractivity contribution is 1.24. The van der Waals surface area contributed by atoms with E-state index >= 15 is 0 Å². The maximum atomic E-state index is 8.89. The van der Waals surface area contributed by atoms with Gasteiger partial charge in [0.05, 0.1) is 0 Å². The molecule has 0 aliphatic heterocycles. The lowest BCUT2D eigenvalue weighted by Crippen LogP contribution is -1.91. The first-order valence-electron chi connectivity index (χ1n) is 7.25. The van der Waals surface area contributed by atoms with E-state index in [0.717, 1.165) is 17.5 Å². The smallest absolute Gasteiger partial charge is 0.140 e. The van der Waals surface area contributed by atoms with E-state index in [1.165, 1.54) is 22.3 Å². The highest BCUT2D eigenvalue weighted by molar-refractivity contribution is 5.92. The number of hydrogen-bond acceptors (Lipinski definition) is 2. The van der Waals surface area contributed by atoms with E-state index in [1.54, 1.807) is 12.3 Å². The van der Waals surface area contributed by atoms with Gasteiger partial charge >= 0.3 is 0 Å². The molecule has 3 rings (SSSR count). The van der Waals surface area contributed by atoms with Crippen molar-refractivity contribution in [1.29, 1.82) is 5.26 Å². The molecule has 0 unspecified atom stereocenters. The number of nitriles is 1. The Bertz CT molecular complexity index is 831. The monoisotopic (exact) mass is 284 g/mol. The second-order valence-electron chi connectivity index (χ2n) is 5.20. The predicted octanol–water partition coefficient (Wildman–Crippen LogP) is 4.69. The highest BCUT2D eigenvalue weighted by atomic mass is 14.7. The molecule has 0 bridgehead atoms. The van der Waals surface area contributed by atoms with Gasteiger partial charge in [0.25, 0.3) is 0 Å². The van der Waals surface area contributed by atoms with Gasteiger partial charge in [0, 0.05) is 11.8 Å². The molecule has 1 aliphatic carbocycles. The number of rotatable bonds is 3. The maximum Gasteiger partial charge on any atom is 0.140 e. The van der Waals surface area contributed by atoms with E-state index in [9.17, 15) is 0 Å². The third-order valence-corrected chi connectivity index (χ3v) is 3.92. The van der Waals surface area contributed by atoms with E-state index in [1.807, 2.05) is 19.1 Å². The summed E-state index contributed by atoms with van der Waals surface area (Å²) in [7, 11) is 0. The fourth-order valence-electron chi connectivity index (χ4n) is 2.93. The van der Waals surface area contributed by atoms with Crippen molar-refractivity contribution in [2.45, 2.75) is 13.3 Å². The topological polar surface area (TPSA) is 36.7 Å². The molecule has 0 saturated heterocycles. The average Bonchev–Trinajstić information content (AvgIpc) is 2.93. The quantitative estimate of drug-likeness (QED) is 0.819. The summed E-state index contributed by atoms with van der Waals surface area (Å²) in [4.78, 5) is 4.19. The Balaban J connectivity index is 2.20. The summed E-state index contributed by atoms with van der Waals surface area (Å²) < 4.78 is 0. The summed E-state index contributed by atoms with van der Waals surface area (Å²) in [5.41, 5.74) is 7.66. The van der Waals surface area contributed by atoms with Crippen molar-refractivity contribution in [3.05, 3.63) is 83.7 Å². The van der Waals surface area contributed by atoms with Gasteiger partial charge in [0.2, 0.25) is 0 Å². The molecule has 1 aromatic carbocycles. The Hall–Kier alpha value is -2.92. The largest absolute Gasteiger partial charge is 0.245 e. The summed E-state index contributed by atoms with van der Waals surface area (Å²) in [6.07, 6.45) is 8.82. The summed E-state index contributed by atoms with van der Waals surface area (Å²) in [6, 6.07) is 12.1. The molecule has 0 spiro atoms. The van der Waals surface area contributed by atoms with Crippen molar-refractivity contribution in [3.63, 3.8) is 0 Å². The summed E-state index contributed by atoms with van der Waals surface area (Å²) in [6.45, 7) is 5.97. The number of nitrogens with zero attached hydrogens (tertiary/aromatic N) is 2. The molecule has 1 heterocycles. The minimum atomic E-state index is 0.437. The zero-order valence-corrected chi connectivity index (χ0v) is 12.5. The summed E-state index contributed by atoms with van der Waals surface area (Å²) in [5, 5.41) is 8.89. The molecule has 106 valence electrons. The lowest BCUT2D eigenvalue weighted by Gasteiger charge is -2.10. The van der Waals surface area contributed by atoms with Crippen molar-refractivity contribution in [3.8, 4) is 17.2 Å². The van der Waals surface area contributed by atoms with Crippen LogP contribution < -0.4 is 0 Å². The van der Waals surface area contributed by atoms with Crippen LogP contribution in [0.5, 0.6) is 0 Å². The van der Waals surface area contributed by atoms with Crippen LogP contribution >= 0.6 is 0 Å². The molecule has 0 saturated carbocycles. The van der Waals surface area contributed by atoms with Crippen molar-refractivity contribution >= 4 is 5.57 Å². The fourth-order valence-corrected chi connectivity index (χ4v) is 2.93. The lowest BCUT2D eigenvalue weighted by atomic mass is 9.94. The van der Waals surface area contributed by atoms with Crippen LogP contribution in [-0.4, -0.2) is 4.98 Å². The summed E-state index contributed by atoms with van der Waals surface area (Å²) in [5.74, 6) is 0. The Morgan fingerprint density at radius 2 is 2.14 bits per heavy atom. The first kappa shape index (κ1) is 14.0. The average molecular weight is 284 g/mol. The van der Waals surface area contributed by atoms with Gasteiger partial charge in [-0.05, 0) is 53.3 Å². The first-order valence-corrected chi connectivity index (χ1v) is 7.25. The number of hydrogen-bond donors (Lipinski definition) is 0. The molecule has 2 aromatic rings. The third kappa shape index (κ3) is 2.27. The fraction of sp³-hybridized carbons (Fsp3) is 0.100. The SMILES string of the molecule is C=CC1=C(/C=C\C)c2c(cccc2-c2ccc(C#N)nc2)C1. The van der Waals surface area contributed by atoms with E-state index < -0.39 is 0 Å². The van der Waals surface area contributed by atoms with Crippen LogP contribution in [0.3, 0.4) is 0 Å². The van der Waals surface area contributed by atoms with Crippen LogP contribution in [0.2, 0.25) is 0 Å². The van der Waals surface area contributed by atoms with E-state index in [0.29, 0.717) is 5.69 Å². The molecule has 2 heteroatoms. The molecule has 1 aromatic heterocycles. The van der Waals surface area contributed by atoms with Gasteiger partial charge < -0.3 is 0 Å². The van der Waals surface area contributed by atoms with Crippen LogP contribution in [0.25, 0.3) is 16.7 Å². The highest BCUT2D eigenvalue weighted by Gasteiger charge is 2.21. The Labute approximate surface area is 130 Å². The standard InChI is InChI=1S/C20H16N2/c1-3-6-18-14(4-2)11-15-7-5-8-19(20(15)18)16-9-10-17(12-21)22-13-16/h3-10,13H,2,11H2,1H3/b6-3-. The van der Waals surface area contributed by atoms with Crippen molar-refractivity contribution in [2.24, 2.45) is 0 Å². The number of benzene rings is 1. The molecule has 22 heavy (non-hydrogen) atoms. The number of aromatic nitrogens is 1. The number of pyridine rings is 1. The second-order valence-corrected chi connectivity index (χ2v) is 5.20. The van der Waals surface area contributed by atoms with Crippen molar-refractivity contribution in [1.82, 2.24) is 4.98 Å². The van der Waals surface area contributed by atoms with Gasteiger partial charge in [0.1, 0.15) is 11.8 Å². The van der Waals surface area contributed by atoms with Crippen LogP contribution in [0.1, 0.15) is 23.7 Å². The second kappa shape index (κ2) is 5.83. The molecule has 0 N–H and O–H groups in total. The van der Waals surface area contributed by atoms with Gasteiger partial charge in [-0.25, -0.2) is 4.98 Å². The normalized spacial score (nSPS) is 13.3. The summed E-state index contributed by atoms with van der Waals surface area (Å²) >= 11 is 0. The first-order chi connectivity index (χ1) is 10.8. The highest BCUT2D eigenvalue weighted by Crippen LogP contribution is 2.40. The van der Waals surface area contributed by atoms with E-state index in [4.69, 9.17) is 5.26 Å². The predicted molar refractivity (Wildman–Crippen MR) is 90.0 cm³/mol. The molecule has 0 radical (unpaired) electrons. The van der Waals surface area contributed by atoms with Gasteiger partial charge in [-0.3, -0.25) is 0 Å². The molecule has 2 nitrogen and oxygen atoms in total. The van der Waals surface area contributed by atoms with Crippen LogP contribution in [0.4, 0.5) is 0 Å². The maximum absolute atomic E-state index is 8.89. The molecular formula is C20H16N2. The van der Waals surface area contributed by atoms with Crippen molar-refractivity contribution < 1.29 is 0 Å². The van der Waals surface area contributed by atoms with Crippen LogP contribution in [0.15, 0.2) is 66.9 Å². The van der Waals surface area contributed by atoms with E-state index in [-0.39, 0.29) is 0 Å². The van der Waals surface area contributed by atoms with Gasteiger partial charge in [-0.1, -0.05) is 43.0 Å². The molecule has 0 amide bonds. The van der Waals surface area contributed by atoms with Crippen LogP contribution in [0, 0.1) is 11.3 Å². The third-order valence-electron chi connectivity index (χ3n) is 3.92. The van der Waals surface area contributed by atoms with E-state index in [2.05, 4.69) is 48.0 Å². The molecule has 0 fully saturated rings. The van der Waals surface area contributed by atoms with Gasteiger partial charge in [-0.2, -0.15) is 5.26 Å². The Kier molecular flexibility index (Phi) is 3.72. The van der Waals surface area contributed by atoms with Crippen molar-refractivity contribution in [2.75, 3.05) is 0 Å².